The number of amides is 2. The van der Waals surface area contributed by atoms with E-state index in [0.29, 0.717) is 24.8 Å². The Bertz CT molecular complexity index is 320. The first kappa shape index (κ1) is 16.8. The summed E-state index contributed by atoms with van der Waals surface area (Å²) < 4.78 is 0. The number of hydrogen-bond donors (Lipinski definition) is 3. The van der Waals surface area contributed by atoms with Gasteiger partial charge in [0.1, 0.15) is 0 Å². The number of carbonyl (C=O) groups is 2. The molecule has 3 N–H and O–H groups in total. The van der Waals surface area contributed by atoms with Crippen molar-refractivity contribution in [2.45, 2.75) is 52.4 Å². The third kappa shape index (κ3) is 5.80. The van der Waals surface area contributed by atoms with Crippen molar-refractivity contribution >= 4 is 12.0 Å². The molecule has 1 saturated carbocycles. The molecule has 20 heavy (non-hydrogen) atoms. The number of carboxylic acid groups (broad SMARTS) is 1. The lowest BCUT2D eigenvalue weighted by Gasteiger charge is -2.28. The van der Waals surface area contributed by atoms with Gasteiger partial charge in [-0.25, -0.2) is 4.79 Å². The molecule has 0 bridgehead atoms. The van der Waals surface area contributed by atoms with Crippen molar-refractivity contribution in [2.75, 3.05) is 13.1 Å². The molecule has 5 heteroatoms. The molecule has 1 aliphatic carbocycles. The maximum Gasteiger partial charge on any atom is 0.314 e. The zero-order valence-electron chi connectivity index (χ0n) is 12.7. The summed E-state index contributed by atoms with van der Waals surface area (Å²) in [5.41, 5.74) is 0. The topological polar surface area (TPSA) is 78.4 Å². The molecule has 0 aromatic rings. The van der Waals surface area contributed by atoms with E-state index in [1.807, 2.05) is 6.92 Å². The lowest BCUT2D eigenvalue weighted by molar-refractivity contribution is -0.141. The molecule has 3 atom stereocenters. The van der Waals surface area contributed by atoms with Crippen molar-refractivity contribution in [3.8, 4) is 0 Å². The van der Waals surface area contributed by atoms with Crippen LogP contribution in [0.4, 0.5) is 4.79 Å². The minimum absolute atomic E-state index is 0.204. The molecule has 5 nitrogen and oxygen atoms in total. The van der Waals surface area contributed by atoms with Crippen LogP contribution in [0.1, 0.15) is 52.4 Å². The van der Waals surface area contributed by atoms with Crippen molar-refractivity contribution in [1.29, 1.82) is 0 Å². The quantitative estimate of drug-likeness (QED) is 0.672. The Hall–Kier alpha value is -1.26. The molecular weight excluding hydrogens is 256 g/mol. The first-order valence-corrected chi connectivity index (χ1v) is 7.79. The number of nitrogens with one attached hydrogen (secondary N) is 2. The van der Waals surface area contributed by atoms with Crippen LogP contribution in [-0.2, 0) is 4.79 Å². The number of urea groups is 1. The van der Waals surface area contributed by atoms with E-state index in [0.717, 1.165) is 6.42 Å². The van der Waals surface area contributed by atoms with Gasteiger partial charge in [0, 0.05) is 13.1 Å². The van der Waals surface area contributed by atoms with Crippen molar-refractivity contribution < 1.29 is 14.7 Å². The van der Waals surface area contributed by atoms with E-state index in [1.54, 1.807) is 0 Å². The van der Waals surface area contributed by atoms with E-state index in [9.17, 15) is 9.59 Å². The summed E-state index contributed by atoms with van der Waals surface area (Å²) in [6, 6.07) is -0.245. The monoisotopic (exact) mass is 284 g/mol. The van der Waals surface area contributed by atoms with Gasteiger partial charge in [0.2, 0.25) is 0 Å². The van der Waals surface area contributed by atoms with Gasteiger partial charge in [-0.05, 0) is 24.7 Å². The molecule has 0 aromatic carbocycles. The van der Waals surface area contributed by atoms with Gasteiger partial charge < -0.3 is 15.7 Å². The molecule has 2 amide bonds. The number of rotatable bonds is 7. The predicted molar refractivity (Wildman–Crippen MR) is 78.6 cm³/mol. The SMILES string of the molecule is CCCC(CNC(=O)NCC1CCCCC1C)C(=O)O. The lowest BCUT2D eigenvalue weighted by atomic mass is 9.80. The normalized spacial score (nSPS) is 23.9. The van der Waals surface area contributed by atoms with E-state index in [-0.39, 0.29) is 12.6 Å². The Balaban J connectivity index is 2.23. The number of aliphatic carboxylic acids is 1. The second-order valence-electron chi connectivity index (χ2n) is 5.94. The Kier molecular flexibility index (Phi) is 7.41. The molecule has 0 aromatic heterocycles. The predicted octanol–water partition coefficient (Wildman–Crippen LogP) is 2.61. The zero-order chi connectivity index (χ0) is 15.0. The van der Waals surface area contributed by atoms with E-state index in [2.05, 4.69) is 17.6 Å². The fourth-order valence-electron chi connectivity index (χ4n) is 2.86. The first-order chi connectivity index (χ1) is 9.54. The first-order valence-electron chi connectivity index (χ1n) is 7.79. The standard InChI is InChI=1S/C15H28N2O3/c1-3-6-13(14(18)19)10-17-15(20)16-9-12-8-5-4-7-11(12)2/h11-13H,3-10H2,1-2H3,(H,18,19)(H2,16,17,20). The largest absolute Gasteiger partial charge is 0.481 e. The van der Waals surface area contributed by atoms with Gasteiger partial charge >= 0.3 is 12.0 Å². The van der Waals surface area contributed by atoms with E-state index in [1.165, 1.54) is 25.7 Å². The highest BCUT2D eigenvalue weighted by Crippen LogP contribution is 2.28. The summed E-state index contributed by atoms with van der Waals surface area (Å²) in [6.07, 6.45) is 6.35. The third-order valence-corrected chi connectivity index (χ3v) is 4.31. The third-order valence-electron chi connectivity index (χ3n) is 4.31. The number of carboxylic acids is 1. The molecule has 1 rings (SSSR count). The second kappa shape index (κ2) is 8.82. The highest BCUT2D eigenvalue weighted by atomic mass is 16.4. The molecule has 0 radical (unpaired) electrons. The van der Waals surface area contributed by atoms with Crippen LogP contribution in [0.2, 0.25) is 0 Å². The van der Waals surface area contributed by atoms with Crippen LogP contribution < -0.4 is 10.6 Å². The second-order valence-corrected chi connectivity index (χ2v) is 5.94. The summed E-state index contributed by atoms with van der Waals surface area (Å²) in [5.74, 6) is -0.108. The van der Waals surface area contributed by atoms with Crippen molar-refractivity contribution in [3.05, 3.63) is 0 Å². The average molecular weight is 284 g/mol. The lowest BCUT2D eigenvalue weighted by Crippen LogP contribution is -2.42. The summed E-state index contributed by atoms with van der Waals surface area (Å²) in [4.78, 5) is 22.7. The van der Waals surface area contributed by atoms with Gasteiger partial charge in [-0.2, -0.15) is 0 Å². The van der Waals surface area contributed by atoms with Crippen LogP contribution in [0.5, 0.6) is 0 Å². The highest BCUT2D eigenvalue weighted by Gasteiger charge is 2.22. The molecule has 116 valence electrons. The van der Waals surface area contributed by atoms with Crippen molar-refractivity contribution in [2.24, 2.45) is 17.8 Å². The van der Waals surface area contributed by atoms with Crippen LogP contribution >= 0.6 is 0 Å². The van der Waals surface area contributed by atoms with Gasteiger partial charge in [0.15, 0.2) is 0 Å². The number of hydrogen-bond acceptors (Lipinski definition) is 2. The van der Waals surface area contributed by atoms with Crippen LogP contribution in [0.3, 0.4) is 0 Å². The molecule has 0 heterocycles. The molecule has 3 unspecified atom stereocenters. The number of carbonyl (C=O) groups excluding carboxylic acids is 1. The van der Waals surface area contributed by atoms with Crippen LogP contribution in [0.25, 0.3) is 0 Å². The zero-order valence-corrected chi connectivity index (χ0v) is 12.7. The molecule has 1 aliphatic rings. The Morgan fingerprint density at radius 3 is 2.55 bits per heavy atom. The van der Waals surface area contributed by atoms with Gasteiger partial charge in [-0.1, -0.05) is 39.5 Å². The van der Waals surface area contributed by atoms with E-state index < -0.39 is 11.9 Å². The molecule has 0 saturated heterocycles. The van der Waals surface area contributed by atoms with Crippen molar-refractivity contribution in [3.63, 3.8) is 0 Å². The van der Waals surface area contributed by atoms with Crippen LogP contribution in [0.15, 0.2) is 0 Å². The Morgan fingerprint density at radius 1 is 1.25 bits per heavy atom. The fraction of sp³-hybridized carbons (Fsp3) is 0.867. The summed E-state index contributed by atoms with van der Waals surface area (Å²) in [6.45, 7) is 5.08. The van der Waals surface area contributed by atoms with Crippen molar-refractivity contribution in [1.82, 2.24) is 10.6 Å². The Labute approximate surface area is 121 Å². The minimum Gasteiger partial charge on any atom is -0.481 e. The summed E-state index contributed by atoms with van der Waals surface area (Å²) in [5, 5.41) is 14.6. The minimum atomic E-state index is -0.840. The van der Waals surface area contributed by atoms with E-state index in [4.69, 9.17) is 5.11 Å². The van der Waals surface area contributed by atoms with Crippen LogP contribution in [-0.4, -0.2) is 30.2 Å². The Morgan fingerprint density at radius 2 is 1.95 bits per heavy atom. The summed E-state index contributed by atoms with van der Waals surface area (Å²) >= 11 is 0. The van der Waals surface area contributed by atoms with Gasteiger partial charge in [0.05, 0.1) is 5.92 Å². The maximum atomic E-state index is 11.7. The molecular formula is C15H28N2O3. The van der Waals surface area contributed by atoms with Crippen LogP contribution in [0, 0.1) is 17.8 Å². The van der Waals surface area contributed by atoms with Gasteiger partial charge in [0.25, 0.3) is 0 Å². The molecule has 1 fully saturated rings. The average Bonchev–Trinajstić information content (AvgIpc) is 2.42. The summed E-state index contributed by atoms with van der Waals surface area (Å²) in [7, 11) is 0. The smallest absolute Gasteiger partial charge is 0.314 e. The maximum absolute atomic E-state index is 11.7. The van der Waals surface area contributed by atoms with Gasteiger partial charge in [-0.3, -0.25) is 4.79 Å². The fourth-order valence-corrected chi connectivity index (χ4v) is 2.86. The highest BCUT2D eigenvalue weighted by molar-refractivity contribution is 5.75. The molecule has 0 spiro atoms. The molecule has 0 aliphatic heterocycles. The van der Waals surface area contributed by atoms with E-state index >= 15 is 0 Å². The van der Waals surface area contributed by atoms with Gasteiger partial charge in [-0.15, -0.1) is 0 Å².